The second-order valence-electron chi connectivity index (χ2n) is 4.66. The molecule has 0 fully saturated rings. The van der Waals surface area contributed by atoms with Crippen LogP contribution in [0.4, 0.5) is 0 Å². The van der Waals surface area contributed by atoms with Gasteiger partial charge in [0, 0.05) is 5.57 Å². The maximum absolute atomic E-state index is 11.7. The van der Waals surface area contributed by atoms with Crippen molar-refractivity contribution in [1.29, 1.82) is 0 Å². The molecule has 0 aromatic heterocycles. The summed E-state index contributed by atoms with van der Waals surface area (Å²) in [5.41, 5.74) is 2.57. The Bertz CT molecular complexity index is 455. The molecule has 0 saturated heterocycles. The number of hydrogen-bond acceptors (Lipinski definition) is 3. The zero-order chi connectivity index (χ0) is 14.4. The summed E-state index contributed by atoms with van der Waals surface area (Å²) in [6.45, 7) is 9.88. The number of hydrogen-bond donors (Lipinski definition) is 0. The Kier molecular flexibility index (Phi) is 5.61. The summed E-state index contributed by atoms with van der Waals surface area (Å²) < 4.78 is 10.6. The lowest BCUT2D eigenvalue weighted by Gasteiger charge is -2.11. The third kappa shape index (κ3) is 4.43. The van der Waals surface area contributed by atoms with Gasteiger partial charge in [-0.3, -0.25) is 0 Å². The van der Waals surface area contributed by atoms with E-state index in [0.29, 0.717) is 12.2 Å². The maximum Gasteiger partial charge on any atom is 0.333 e. The summed E-state index contributed by atoms with van der Waals surface area (Å²) in [6.07, 6.45) is 0.156. The summed E-state index contributed by atoms with van der Waals surface area (Å²) in [6, 6.07) is 7.74. The third-order valence-electron chi connectivity index (χ3n) is 2.80. The summed E-state index contributed by atoms with van der Waals surface area (Å²) in [7, 11) is 0. The minimum atomic E-state index is -0.262. The van der Waals surface area contributed by atoms with Gasteiger partial charge in [-0.1, -0.05) is 12.1 Å². The SMILES string of the molecule is CCOC(=O)/C(C)=C(/C)c1ccc(OC(C)C)cc1. The van der Waals surface area contributed by atoms with Gasteiger partial charge in [0.05, 0.1) is 12.7 Å². The average molecular weight is 262 g/mol. The predicted molar refractivity (Wildman–Crippen MR) is 77.1 cm³/mol. The van der Waals surface area contributed by atoms with E-state index in [1.807, 2.05) is 45.0 Å². The van der Waals surface area contributed by atoms with Crippen molar-refractivity contribution in [1.82, 2.24) is 0 Å². The highest BCUT2D eigenvalue weighted by Gasteiger charge is 2.10. The molecule has 0 radical (unpaired) electrons. The first kappa shape index (κ1) is 15.3. The van der Waals surface area contributed by atoms with E-state index in [-0.39, 0.29) is 12.1 Å². The summed E-state index contributed by atoms with van der Waals surface area (Å²) >= 11 is 0. The normalized spacial score (nSPS) is 12.1. The van der Waals surface area contributed by atoms with Gasteiger partial charge in [-0.2, -0.15) is 0 Å². The Hall–Kier alpha value is -1.77. The van der Waals surface area contributed by atoms with Crippen LogP contribution in [0.5, 0.6) is 5.75 Å². The van der Waals surface area contributed by atoms with Gasteiger partial charge in [0.15, 0.2) is 0 Å². The molecule has 104 valence electrons. The lowest BCUT2D eigenvalue weighted by Crippen LogP contribution is -2.07. The van der Waals surface area contributed by atoms with Crippen LogP contribution in [-0.2, 0) is 9.53 Å². The van der Waals surface area contributed by atoms with Crippen molar-refractivity contribution >= 4 is 11.5 Å². The van der Waals surface area contributed by atoms with Crippen molar-refractivity contribution in [3.63, 3.8) is 0 Å². The molecule has 0 N–H and O–H groups in total. The fraction of sp³-hybridized carbons (Fsp3) is 0.438. The van der Waals surface area contributed by atoms with Gasteiger partial charge in [-0.15, -0.1) is 0 Å². The number of carbonyl (C=O) groups is 1. The summed E-state index contributed by atoms with van der Waals surface area (Å²) in [4.78, 5) is 11.7. The Morgan fingerprint density at radius 1 is 1.16 bits per heavy atom. The Balaban J connectivity index is 2.90. The first-order chi connectivity index (χ1) is 8.95. The van der Waals surface area contributed by atoms with Crippen LogP contribution in [0.3, 0.4) is 0 Å². The zero-order valence-electron chi connectivity index (χ0n) is 12.3. The monoisotopic (exact) mass is 262 g/mol. The lowest BCUT2D eigenvalue weighted by molar-refractivity contribution is -0.138. The molecular weight excluding hydrogens is 240 g/mol. The molecular formula is C16H22O3. The van der Waals surface area contributed by atoms with Crippen molar-refractivity contribution in [2.45, 2.75) is 40.7 Å². The summed E-state index contributed by atoms with van der Waals surface area (Å²) in [5.74, 6) is 0.572. The number of allylic oxidation sites excluding steroid dienone is 1. The topological polar surface area (TPSA) is 35.5 Å². The first-order valence-electron chi connectivity index (χ1n) is 6.57. The van der Waals surface area contributed by atoms with Gasteiger partial charge < -0.3 is 9.47 Å². The smallest absolute Gasteiger partial charge is 0.333 e. The number of benzene rings is 1. The number of ether oxygens (including phenoxy) is 2. The third-order valence-corrected chi connectivity index (χ3v) is 2.80. The van der Waals surface area contributed by atoms with Crippen LogP contribution in [0, 0.1) is 0 Å². The predicted octanol–water partition coefficient (Wildman–Crippen LogP) is 3.83. The molecule has 0 aliphatic heterocycles. The van der Waals surface area contributed by atoms with Crippen LogP contribution in [0.25, 0.3) is 5.57 Å². The van der Waals surface area contributed by atoms with E-state index in [1.165, 1.54) is 0 Å². The molecule has 0 bridgehead atoms. The Labute approximate surface area is 115 Å². The number of rotatable bonds is 5. The fourth-order valence-electron chi connectivity index (χ4n) is 1.66. The fourth-order valence-corrected chi connectivity index (χ4v) is 1.66. The molecule has 0 spiro atoms. The van der Waals surface area contributed by atoms with Crippen LogP contribution in [0.2, 0.25) is 0 Å². The van der Waals surface area contributed by atoms with Gasteiger partial charge in [0.2, 0.25) is 0 Å². The first-order valence-corrected chi connectivity index (χ1v) is 6.57. The minimum Gasteiger partial charge on any atom is -0.491 e. The molecule has 1 aromatic carbocycles. The Morgan fingerprint density at radius 3 is 2.21 bits per heavy atom. The molecule has 19 heavy (non-hydrogen) atoms. The van der Waals surface area contributed by atoms with Gasteiger partial charge in [0.25, 0.3) is 0 Å². The second kappa shape index (κ2) is 6.98. The molecule has 3 nitrogen and oxygen atoms in total. The van der Waals surface area contributed by atoms with E-state index in [9.17, 15) is 4.79 Å². The minimum absolute atomic E-state index is 0.156. The van der Waals surface area contributed by atoms with Crippen LogP contribution in [0.15, 0.2) is 29.8 Å². The molecule has 0 amide bonds. The quantitative estimate of drug-likeness (QED) is 0.597. The van der Waals surface area contributed by atoms with Gasteiger partial charge in [-0.25, -0.2) is 4.79 Å². The lowest BCUT2D eigenvalue weighted by atomic mass is 10.0. The molecule has 1 aromatic rings. The number of carbonyl (C=O) groups excluding carboxylic acids is 1. The Morgan fingerprint density at radius 2 is 1.74 bits per heavy atom. The van der Waals surface area contributed by atoms with E-state index in [2.05, 4.69) is 0 Å². The van der Waals surface area contributed by atoms with E-state index >= 15 is 0 Å². The van der Waals surface area contributed by atoms with E-state index in [4.69, 9.17) is 9.47 Å². The highest BCUT2D eigenvalue weighted by atomic mass is 16.5. The largest absolute Gasteiger partial charge is 0.491 e. The highest BCUT2D eigenvalue weighted by molar-refractivity contribution is 5.96. The van der Waals surface area contributed by atoms with Crippen LogP contribution in [-0.4, -0.2) is 18.7 Å². The molecule has 1 rings (SSSR count). The molecule has 0 aliphatic carbocycles. The van der Waals surface area contributed by atoms with Gasteiger partial charge >= 0.3 is 5.97 Å². The zero-order valence-corrected chi connectivity index (χ0v) is 12.3. The standard InChI is InChI=1S/C16H22O3/c1-6-18-16(17)13(5)12(4)14-7-9-15(10-8-14)19-11(2)3/h7-11H,6H2,1-5H3/b13-12-. The van der Waals surface area contributed by atoms with Crippen molar-refractivity contribution in [3.8, 4) is 5.75 Å². The molecule has 0 unspecified atom stereocenters. The molecule has 0 heterocycles. The summed E-state index contributed by atoms with van der Waals surface area (Å²) in [5, 5.41) is 0. The molecule has 0 saturated carbocycles. The van der Waals surface area contributed by atoms with E-state index in [1.54, 1.807) is 13.8 Å². The maximum atomic E-state index is 11.7. The van der Waals surface area contributed by atoms with Crippen molar-refractivity contribution in [3.05, 3.63) is 35.4 Å². The van der Waals surface area contributed by atoms with E-state index < -0.39 is 0 Å². The second-order valence-corrected chi connectivity index (χ2v) is 4.66. The number of esters is 1. The van der Waals surface area contributed by atoms with Gasteiger partial charge in [-0.05, 0) is 57.9 Å². The van der Waals surface area contributed by atoms with Crippen molar-refractivity contribution in [2.75, 3.05) is 6.61 Å². The van der Waals surface area contributed by atoms with E-state index in [0.717, 1.165) is 16.9 Å². The molecule has 3 heteroatoms. The van der Waals surface area contributed by atoms with Crippen LogP contribution < -0.4 is 4.74 Å². The van der Waals surface area contributed by atoms with Crippen LogP contribution in [0.1, 0.15) is 40.2 Å². The molecule has 0 atom stereocenters. The van der Waals surface area contributed by atoms with Crippen molar-refractivity contribution < 1.29 is 14.3 Å². The van der Waals surface area contributed by atoms with Crippen LogP contribution >= 0.6 is 0 Å². The van der Waals surface area contributed by atoms with Crippen molar-refractivity contribution in [2.24, 2.45) is 0 Å². The highest BCUT2D eigenvalue weighted by Crippen LogP contribution is 2.22. The van der Waals surface area contributed by atoms with Gasteiger partial charge in [0.1, 0.15) is 5.75 Å². The average Bonchev–Trinajstić information content (AvgIpc) is 2.37. The molecule has 0 aliphatic rings.